The molecule has 0 atom stereocenters. The van der Waals surface area contributed by atoms with Gasteiger partial charge in [-0.3, -0.25) is 0 Å². The first-order valence-electron chi connectivity index (χ1n) is 4.88. The zero-order valence-electron chi connectivity index (χ0n) is 9.53. The zero-order chi connectivity index (χ0) is 12.3. The number of rotatable bonds is 2. The number of carboxylic acids is 1. The van der Waals surface area contributed by atoms with Crippen molar-refractivity contribution in [3.63, 3.8) is 0 Å². The van der Waals surface area contributed by atoms with Gasteiger partial charge in [-0.05, 0) is 43.0 Å². The maximum atomic E-state index is 10.6. The normalized spacial score (nSPS) is 11.0. The Morgan fingerprint density at radius 1 is 1.31 bits per heavy atom. The Morgan fingerprint density at radius 3 is 2.19 bits per heavy atom. The number of hydrogen-bond acceptors (Lipinski definition) is 2. The Morgan fingerprint density at radius 2 is 1.81 bits per heavy atom. The molecule has 1 aromatic carbocycles. The summed E-state index contributed by atoms with van der Waals surface area (Å²) in [6, 6.07) is 5.57. The van der Waals surface area contributed by atoms with Gasteiger partial charge in [-0.15, -0.1) is 0 Å². The molecule has 0 fully saturated rings. The van der Waals surface area contributed by atoms with Crippen molar-refractivity contribution in [2.75, 3.05) is 0 Å². The van der Waals surface area contributed by atoms with Crippen molar-refractivity contribution in [1.82, 2.24) is 0 Å². The van der Waals surface area contributed by atoms with E-state index < -0.39 is 5.97 Å². The molecule has 3 heteroatoms. The Hall–Kier alpha value is -2.08. The van der Waals surface area contributed by atoms with Crippen LogP contribution in [0.5, 0.6) is 0 Å². The summed E-state index contributed by atoms with van der Waals surface area (Å²) in [5, 5.41) is 17.5. The van der Waals surface area contributed by atoms with Crippen molar-refractivity contribution in [3.8, 4) is 6.07 Å². The molecule has 16 heavy (non-hydrogen) atoms. The summed E-state index contributed by atoms with van der Waals surface area (Å²) < 4.78 is 0. The van der Waals surface area contributed by atoms with Crippen molar-refractivity contribution in [2.45, 2.75) is 20.8 Å². The Bertz CT molecular complexity index is 484. The van der Waals surface area contributed by atoms with Crippen LogP contribution < -0.4 is 0 Å². The third kappa shape index (κ3) is 2.48. The maximum absolute atomic E-state index is 10.6. The molecule has 0 aromatic heterocycles. The van der Waals surface area contributed by atoms with Gasteiger partial charge < -0.3 is 5.11 Å². The van der Waals surface area contributed by atoms with Gasteiger partial charge in [-0.2, -0.15) is 5.26 Å². The Balaban J connectivity index is 3.34. The molecular formula is C13H13NO2. The molecule has 1 rings (SSSR count). The molecule has 0 spiro atoms. The summed E-state index contributed by atoms with van der Waals surface area (Å²) in [7, 11) is 0. The summed E-state index contributed by atoms with van der Waals surface area (Å²) in [6.07, 6.45) is 0.934. The van der Waals surface area contributed by atoms with Gasteiger partial charge in [0.15, 0.2) is 0 Å². The van der Waals surface area contributed by atoms with Gasteiger partial charge in [0.2, 0.25) is 0 Å². The van der Waals surface area contributed by atoms with E-state index in [2.05, 4.69) is 0 Å². The van der Waals surface area contributed by atoms with Gasteiger partial charge in [-0.25, -0.2) is 4.79 Å². The summed E-state index contributed by atoms with van der Waals surface area (Å²) >= 11 is 0. The second-order valence-electron chi connectivity index (χ2n) is 3.74. The lowest BCUT2D eigenvalue weighted by Crippen LogP contribution is -1.94. The number of benzene rings is 1. The average molecular weight is 215 g/mol. The molecule has 0 aliphatic rings. The smallest absolute Gasteiger partial charge is 0.329 e. The van der Waals surface area contributed by atoms with Gasteiger partial charge >= 0.3 is 5.97 Å². The first-order chi connectivity index (χ1) is 7.45. The number of carboxylic acid groups (broad SMARTS) is 1. The minimum absolute atomic E-state index is 0.179. The molecule has 0 heterocycles. The molecule has 0 aliphatic heterocycles. The van der Waals surface area contributed by atoms with E-state index >= 15 is 0 Å². The first kappa shape index (κ1) is 12.0. The monoisotopic (exact) mass is 215 g/mol. The van der Waals surface area contributed by atoms with E-state index in [9.17, 15) is 4.79 Å². The number of carbonyl (C=O) groups is 1. The fourth-order valence-electron chi connectivity index (χ4n) is 1.49. The van der Waals surface area contributed by atoms with Gasteiger partial charge in [0.05, 0.1) is 5.57 Å². The van der Waals surface area contributed by atoms with Gasteiger partial charge in [0.25, 0.3) is 0 Å². The highest BCUT2D eigenvalue weighted by atomic mass is 16.4. The molecule has 0 unspecified atom stereocenters. The Kier molecular flexibility index (Phi) is 3.47. The second-order valence-corrected chi connectivity index (χ2v) is 3.74. The summed E-state index contributed by atoms with van der Waals surface area (Å²) in [6.45, 7) is 5.89. The number of hydrogen-bond donors (Lipinski definition) is 1. The standard InChI is InChI=1S/C13H13NO2/c1-8-4-11(5-9(2)10(8)3)12(7-14)6-13(15)16/h4-6H,1-3H3,(H,15,16)/b12-6+. The molecule has 0 amide bonds. The lowest BCUT2D eigenvalue weighted by atomic mass is 9.97. The summed E-state index contributed by atoms with van der Waals surface area (Å²) in [5.74, 6) is -1.10. The quantitative estimate of drug-likeness (QED) is 0.609. The van der Waals surface area contributed by atoms with Crippen molar-refractivity contribution in [1.29, 1.82) is 5.26 Å². The molecule has 1 aromatic rings. The molecule has 82 valence electrons. The Labute approximate surface area is 94.6 Å². The lowest BCUT2D eigenvalue weighted by Gasteiger charge is -2.07. The molecule has 0 aliphatic carbocycles. The number of aliphatic carboxylic acids is 1. The zero-order valence-corrected chi connectivity index (χ0v) is 9.53. The minimum atomic E-state index is -1.10. The van der Waals surface area contributed by atoms with Crippen molar-refractivity contribution in [2.24, 2.45) is 0 Å². The van der Waals surface area contributed by atoms with E-state index in [4.69, 9.17) is 10.4 Å². The molecular weight excluding hydrogens is 202 g/mol. The largest absolute Gasteiger partial charge is 0.478 e. The third-order valence-corrected chi connectivity index (χ3v) is 2.63. The topological polar surface area (TPSA) is 61.1 Å². The molecule has 0 saturated heterocycles. The van der Waals surface area contributed by atoms with E-state index in [0.29, 0.717) is 5.56 Å². The molecule has 1 N–H and O–H groups in total. The van der Waals surface area contributed by atoms with Crippen LogP contribution in [0.25, 0.3) is 5.57 Å². The van der Waals surface area contributed by atoms with Crippen LogP contribution in [-0.4, -0.2) is 11.1 Å². The SMILES string of the molecule is Cc1cc(/C(C#N)=C/C(=O)O)cc(C)c1C. The van der Waals surface area contributed by atoms with Crippen LogP contribution in [0.4, 0.5) is 0 Å². The fraction of sp³-hybridized carbons (Fsp3) is 0.231. The van der Waals surface area contributed by atoms with Crippen molar-refractivity contribution >= 4 is 11.5 Å². The highest BCUT2D eigenvalue weighted by Gasteiger charge is 2.06. The average Bonchev–Trinajstić information content (AvgIpc) is 2.21. The molecule has 0 radical (unpaired) electrons. The molecule has 0 saturated carbocycles. The first-order valence-corrected chi connectivity index (χ1v) is 4.88. The van der Waals surface area contributed by atoms with E-state index in [1.807, 2.05) is 39.0 Å². The van der Waals surface area contributed by atoms with Crippen LogP contribution in [0.2, 0.25) is 0 Å². The number of nitrogens with zero attached hydrogens (tertiary/aromatic N) is 1. The molecule has 0 bridgehead atoms. The number of aryl methyl sites for hydroxylation is 2. The highest BCUT2D eigenvalue weighted by Crippen LogP contribution is 2.21. The fourth-order valence-corrected chi connectivity index (χ4v) is 1.49. The van der Waals surface area contributed by atoms with E-state index in [1.165, 1.54) is 0 Å². The van der Waals surface area contributed by atoms with Crippen LogP contribution in [0, 0.1) is 32.1 Å². The van der Waals surface area contributed by atoms with Crippen LogP contribution in [0.15, 0.2) is 18.2 Å². The van der Waals surface area contributed by atoms with Crippen molar-refractivity contribution in [3.05, 3.63) is 40.5 Å². The second kappa shape index (κ2) is 4.63. The maximum Gasteiger partial charge on any atom is 0.329 e. The predicted octanol–water partition coefficient (Wildman–Crippen LogP) is 2.60. The van der Waals surface area contributed by atoms with Crippen molar-refractivity contribution < 1.29 is 9.90 Å². The predicted molar refractivity (Wildman–Crippen MR) is 61.9 cm³/mol. The number of allylic oxidation sites excluding steroid dienone is 1. The van der Waals surface area contributed by atoms with Crippen LogP contribution in [0.1, 0.15) is 22.3 Å². The number of nitriles is 1. The molecule has 3 nitrogen and oxygen atoms in total. The third-order valence-electron chi connectivity index (χ3n) is 2.63. The van der Waals surface area contributed by atoms with Crippen LogP contribution >= 0.6 is 0 Å². The van der Waals surface area contributed by atoms with Gasteiger partial charge in [0.1, 0.15) is 6.07 Å². The van der Waals surface area contributed by atoms with E-state index in [1.54, 1.807) is 0 Å². The van der Waals surface area contributed by atoms with Crippen LogP contribution in [-0.2, 0) is 4.79 Å². The summed E-state index contributed by atoms with van der Waals surface area (Å²) in [5.41, 5.74) is 4.11. The van der Waals surface area contributed by atoms with E-state index in [0.717, 1.165) is 22.8 Å². The lowest BCUT2D eigenvalue weighted by molar-refractivity contribution is -0.131. The van der Waals surface area contributed by atoms with Gasteiger partial charge in [0, 0.05) is 6.08 Å². The summed E-state index contributed by atoms with van der Waals surface area (Å²) in [4.78, 5) is 10.6. The van der Waals surface area contributed by atoms with Gasteiger partial charge in [-0.1, -0.05) is 12.1 Å². The van der Waals surface area contributed by atoms with Crippen LogP contribution in [0.3, 0.4) is 0 Å². The van der Waals surface area contributed by atoms with E-state index in [-0.39, 0.29) is 5.57 Å². The minimum Gasteiger partial charge on any atom is -0.478 e. The highest BCUT2D eigenvalue weighted by molar-refractivity contribution is 5.94.